The zero-order valence-electron chi connectivity index (χ0n) is 14.2. The van der Waals surface area contributed by atoms with Crippen molar-refractivity contribution < 1.29 is 13.6 Å². The summed E-state index contributed by atoms with van der Waals surface area (Å²) < 4.78 is 29.2. The number of carbonyl (C=O) groups excluding carboxylic acids is 1. The Labute approximate surface area is 160 Å². The van der Waals surface area contributed by atoms with Crippen LogP contribution >= 0.6 is 11.6 Å². The molecule has 138 valence electrons. The monoisotopic (exact) mass is 387 g/mol. The maximum atomic E-state index is 13.8. The second-order valence-corrected chi connectivity index (χ2v) is 6.77. The van der Waals surface area contributed by atoms with Gasteiger partial charge in [-0.2, -0.15) is 0 Å². The molecule has 3 aromatic rings. The minimum atomic E-state index is -0.936. The molecule has 1 atom stereocenters. The Hall–Kier alpha value is -2.86. The topological polar surface area (TPSA) is 37.3 Å². The van der Waals surface area contributed by atoms with Gasteiger partial charge < -0.3 is 14.8 Å². The van der Waals surface area contributed by atoms with Gasteiger partial charge in [0.15, 0.2) is 11.6 Å². The Morgan fingerprint density at radius 3 is 2.56 bits per heavy atom. The summed E-state index contributed by atoms with van der Waals surface area (Å²) in [6.07, 6.45) is 1.91. The van der Waals surface area contributed by atoms with Crippen LogP contribution in [0, 0.1) is 11.6 Å². The average Bonchev–Trinajstić information content (AvgIpc) is 3.14. The lowest BCUT2D eigenvalue weighted by atomic mass is 10.00. The van der Waals surface area contributed by atoms with Crippen molar-refractivity contribution in [3.63, 3.8) is 0 Å². The molecule has 1 aromatic heterocycles. The molecule has 27 heavy (non-hydrogen) atoms. The number of anilines is 1. The molecule has 0 fully saturated rings. The van der Waals surface area contributed by atoms with Crippen LogP contribution in [0.1, 0.15) is 17.3 Å². The van der Waals surface area contributed by atoms with E-state index in [9.17, 15) is 13.6 Å². The summed E-state index contributed by atoms with van der Waals surface area (Å²) in [6, 6.07) is 13.4. The summed E-state index contributed by atoms with van der Waals surface area (Å²) in [4.78, 5) is 14.5. The summed E-state index contributed by atoms with van der Waals surface area (Å²) in [5, 5.41) is 3.41. The van der Waals surface area contributed by atoms with Gasteiger partial charge in [-0.3, -0.25) is 0 Å². The first-order valence-corrected chi connectivity index (χ1v) is 8.84. The molecule has 0 bridgehead atoms. The van der Waals surface area contributed by atoms with Crippen molar-refractivity contribution in [1.29, 1.82) is 0 Å². The minimum Gasteiger partial charge on any atom is -0.348 e. The van der Waals surface area contributed by atoms with E-state index in [2.05, 4.69) is 5.32 Å². The van der Waals surface area contributed by atoms with E-state index < -0.39 is 17.7 Å². The van der Waals surface area contributed by atoms with Gasteiger partial charge in [-0.15, -0.1) is 0 Å². The second-order valence-electron chi connectivity index (χ2n) is 6.33. The summed E-state index contributed by atoms with van der Waals surface area (Å²) in [5.41, 5.74) is 1.97. The number of amides is 2. The first-order chi connectivity index (χ1) is 13.0. The molecule has 1 aliphatic rings. The molecular formula is C20H16ClF2N3O. The van der Waals surface area contributed by atoms with Crippen molar-refractivity contribution in [2.24, 2.45) is 0 Å². The first kappa shape index (κ1) is 17.5. The fourth-order valence-electron chi connectivity index (χ4n) is 3.36. The molecule has 0 unspecified atom stereocenters. The molecule has 2 amide bonds. The zero-order chi connectivity index (χ0) is 19.0. The van der Waals surface area contributed by atoms with E-state index >= 15 is 0 Å². The molecule has 0 saturated heterocycles. The van der Waals surface area contributed by atoms with E-state index in [0.29, 0.717) is 29.4 Å². The lowest BCUT2D eigenvalue weighted by Crippen LogP contribution is -2.44. The predicted molar refractivity (Wildman–Crippen MR) is 99.8 cm³/mol. The summed E-state index contributed by atoms with van der Waals surface area (Å²) >= 11 is 5.88. The Kier molecular flexibility index (Phi) is 4.58. The van der Waals surface area contributed by atoms with E-state index in [-0.39, 0.29) is 6.03 Å². The number of benzene rings is 2. The van der Waals surface area contributed by atoms with Crippen LogP contribution in [0.4, 0.5) is 19.3 Å². The van der Waals surface area contributed by atoms with Gasteiger partial charge in [0.1, 0.15) is 0 Å². The molecule has 2 aromatic carbocycles. The largest absolute Gasteiger partial charge is 0.348 e. The third-order valence-electron chi connectivity index (χ3n) is 4.65. The highest BCUT2D eigenvalue weighted by molar-refractivity contribution is 6.30. The molecule has 0 radical (unpaired) electrons. The van der Waals surface area contributed by atoms with E-state index in [1.807, 2.05) is 22.9 Å². The number of urea groups is 1. The number of halogens is 3. The van der Waals surface area contributed by atoms with Crippen molar-refractivity contribution >= 4 is 23.3 Å². The van der Waals surface area contributed by atoms with Crippen LogP contribution in [0.3, 0.4) is 0 Å². The van der Waals surface area contributed by atoms with E-state index in [1.165, 1.54) is 6.07 Å². The van der Waals surface area contributed by atoms with Crippen LogP contribution in [0.25, 0.3) is 0 Å². The van der Waals surface area contributed by atoms with Crippen molar-refractivity contribution in [1.82, 2.24) is 9.47 Å². The third-order valence-corrected chi connectivity index (χ3v) is 4.91. The van der Waals surface area contributed by atoms with Crippen LogP contribution in [0.5, 0.6) is 0 Å². The van der Waals surface area contributed by atoms with Crippen molar-refractivity contribution in [2.45, 2.75) is 12.6 Å². The number of aromatic nitrogens is 1. The highest BCUT2D eigenvalue weighted by Crippen LogP contribution is 2.33. The first-order valence-electron chi connectivity index (χ1n) is 8.46. The van der Waals surface area contributed by atoms with Crippen molar-refractivity contribution in [3.8, 4) is 0 Å². The third kappa shape index (κ3) is 3.40. The number of fused-ring (bicyclic) bond motifs is 1. The van der Waals surface area contributed by atoms with Crippen molar-refractivity contribution in [3.05, 3.63) is 88.7 Å². The van der Waals surface area contributed by atoms with Crippen LogP contribution in [-0.2, 0) is 6.54 Å². The van der Waals surface area contributed by atoms with Crippen molar-refractivity contribution in [2.75, 3.05) is 11.9 Å². The van der Waals surface area contributed by atoms with E-state index in [0.717, 1.165) is 17.8 Å². The van der Waals surface area contributed by atoms with Gasteiger partial charge in [-0.25, -0.2) is 13.6 Å². The molecule has 1 N–H and O–H groups in total. The Bertz CT molecular complexity index is 987. The number of nitrogens with zero attached hydrogens (tertiary/aromatic N) is 2. The molecule has 4 nitrogen and oxygen atoms in total. The summed E-state index contributed by atoms with van der Waals surface area (Å²) in [7, 11) is 0. The van der Waals surface area contributed by atoms with Gasteiger partial charge in [-0.05, 0) is 54.1 Å². The van der Waals surface area contributed by atoms with Gasteiger partial charge in [0.2, 0.25) is 0 Å². The molecule has 0 saturated carbocycles. The Balaban J connectivity index is 1.68. The number of nitrogens with one attached hydrogen (secondary N) is 1. The maximum absolute atomic E-state index is 13.8. The molecule has 2 heterocycles. The molecule has 7 heteroatoms. The Morgan fingerprint density at radius 1 is 1.04 bits per heavy atom. The molecule has 4 rings (SSSR count). The Morgan fingerprint density at radius 2 is 1.81 bits per heavy atom. The van der Waals surface area contributed by atoms with E-state index in [4.69, 9.17) is 11.6 Å². The van der Waals surface area contributed by atoms with Crippen LogP contribution < -0.4 is 5.32 Å². The lowest BCUT2D eigenvalue weighted by Gasteiger charge is -2.37. The number of rotatable bonds is 2. The van der Waals surface area contributed by atoms with Crippen LogP contribution in [-0.4, -0.2) is 22.0 Å². The van der Waals surface area contributed by atoms with Gasteiger partial charge in [0.05, 0.1) is 6.04 Å². The fraction of sp³-hybridized carbons (Fsp3) is 0.150. The SMILES string of the molecule is O=C(Nc1ccc(Cl)cc1)N1CCn2cccc2[C@H]1c1ccc(F)c(F)c1. The van der Waals surface area contributed by atoms with Crippen LogP contribution in [0.2, 0.25) is 5.02 Å². The standard InChI is InChI=1S/C20H16ClF2N3O/c21-14-4-6-15(7-5-14)24-20(27)26-11-10-25-9-1-2-18(25)19(26)13-3-8-16(22)17(23)12-13/h1-9,12,19H,10-11H2,(H,24,27)/t19-/m1/s1. The smallest absolute Gasteiger partial charge is 0.322 e. The molecular weight excluding hydrogens is 372 g/mol. The minimum absolute atomic E-state index is 0.320. The molecule has 0 spiro atoms. The van der Waals surface area contributed by atoms with Crippen LogP contribution in [0.15, 0.2) is 60.8 Å². The number of hydrogen-bond acceptors (Lipinski definition) is 1. The predicted octanol–water partition coefficient (Wildman–Crippen LogP) is 5.06. The van der Waals surface area contributed by atoms with Gasteiger partial charge in [0, 0.05) is 35.7 Å². The average molecular weight is 388 g/mol. The van der Waals surface area contributed by atoms with Gasteiger partial charge in [0.25, 0.3) is 0 Å². The second kappa shape index (κ2) is 7.04. The normalized spacial score (nSPS) is 16.1. The lowest BCUT2D eigenvalue weighted by molar-refractivity contribution is 0.181. The molecule has 0 aliphatic carbocycles. The quantitative estimate of drug-likeness (QED) is 0.656. The summed E-state index contributed by atoms with van der Waals surface area (Å²) in [5.74, 6) is -1.85. The van der Waals surface area contributed by atoms with E-state index in [1.54, 1.807) is 29.2 Å². The highest BCUT2D eigenvalue weighted by atomic mass is 35.5. The summed E-state index contributed by atoms with van der Waals surface area (Å²) in [6.45, 7) is 1.06. The highest BCUT2D eigenvalue weighted by Gasteiger charge is 2.32. The zero-order valence-corrected chi connectivity index (χ0v) is 15.0. The fourth-order valence-corrected chi connectivity index (χ4v) is 3.49. The maximum Gasteiger partial charge on any atom is 0.322 e. The number of hydrogen-bond donors (Lipinski definition) is 1. The van der Waals surface area contributed by atoms with Gasteiger partial charge >= 0.3 is 6.03 Å². The molecule has 1 aliphatic heterocycles. The van der Waals surface area contributed by atoms with Gasteiger partial charge in [-0.1, -0.05) is 17.7 Å². The number of carbonyl (C=O) groups is 1.